The maximum Gasteiger partial charge on any atom is 0.252 e. The molecule has 0 fully saturated rings. The van der Waals surface area contributed by atoms with Crippen molar-refractivity contribution in [2.24, 2.45) is 0 Å². The van der Waals surface area contributed by atoms with Crippen LogP contribution in [0, 0.1) is 0 Å². The number of nitrogens with one attached hydrogen (secondary N) is 1. The fraction of sp³-hybridized carbons (Fsp3) is 0.235. The van der Waals surface area contributed by atoms with Crippen LogP contribution in [-0.4, -0.2) is 26.8 Å². The molecular weight excluding hydrogens is 330 g/mol. The summed E-state index contributed by atoms with van der Waals surface area (Å²) in [6.45, 7) is 1.87. The highest BCUT2D eigenvalue weighted by Gasteiger charge is 2.15. The minimum absolute atomic E-state index is 0.144. The minimum Gasteiger partial charge on any atom is -0.345 e. The molecule has 122 valence electrons. The van der Waals surface area contributed by atoms with E-state index in [0.29, 0.717) is 5.56 Å². The summed E-state index contributed by atoms with van der Waals surface area (Å²) in [6, 6.07) is 13.8. The third-order valence-electron chi connectivity index (χ3n) is 3.51. The molecule has 0 unspecified atom stereocenters. The summed E-state index contributed by atoms with van der Waals surface area (Å²) in [5, 5.41) is 2.94. The van der Waals surface area contributed by atoms with Gasteiger partial charge in [-0.3, -0.25) is 4.79 Å². The molecule has 0 spiro atoms. The Bertz CT molecular complexity index is 799. The zero-order valence-corrected chi connectivity index (χ0v) is 14.9. The predicted octanol–water partition coefficient (Wildman–Crippen LogP) is 3.30. The van der Waals surface area contributed by atoms with Crippen LogP contribution in [0.4, 0.5) is 0 Å². The number of carbonyl (C=O) groups excluding carboxylic acids is 1. The lowest BCUT2D eigenvalue weighted by Crippen LogP contribution is -2.27. The van der Waals surface area contributed by atoms with Crippen molar-refractivity contribution in [2.75, 3.05) is 12.5 Å². The number of hydrogen-bond donors (Lipinski definition) is 1. The van der Waals surface area contributed by atoms with Crippen LogP contribution in [0.25, 0.3) is 0 Å². The highest BCUT2D eigenvalue weighted by Crippen LogP contribution is 2.21. The molecule has 23 heavy (non-hydrogen) atoms. The van der Waals surface area contributed by atoms with Crippen molar-refractivity contribution in [3.63, 3.8) is 0 Å². The topological polar surface area (TPSA) is 63.2 Å². The molecule has 0 aliphatic rings. The van der Waals surface area contributed by atoms with Crippen molar-refractivity contribution in [3.8, 4) is 0 Å². The second-order valence-corrected chi connectivity index (χ2v) is 8.10. The van der Waals surface area contributed by atoms with E-state index >= 15 is 0 Å². The molecule has 0 aromatic heterocycles. The monoisotopic (exact) mass is 349 g/mol. The zero-order chi connectivity index (χ0) is 17.0. The van der Waals surface area contributed by atoms with E-state index in [4.69, 9.17) is 0 Å². The second kappa shape index (κ2) is 7.19. The third-order valence-corrected chi connectivity index (χ3v) is 5.43. The van der Waals surface area contributed by atoms with Gasteiger partial charge in [0.2, 0.25) is 0 Å². The molecule has 1 atom stereocenters. The van der Waals surface area contributed by atoms with E-state index in [1.54, 1.807) is 30.3 Å². The fourth-order valence-corrected chi connectivity index (χ4v) is 3.42. The molecule has 0 saturated carbocycles. The van der Waals surface area contributed by atoms with Crippen molar-refractivity contribution in [1.82, 2.24) is 5.32 Å². The summed E-state index contributed by atoms with van der Waals surface area (Å²) in [5.74, 6) is -0.144. The average molecular weight is 349 g/mol. The standard InChI is InChI=1S/C17H19NO3S2/c1-12(13-8-10-14(11-9-13)23(3,20)21)18-17(19)15-6-4-5-7-16(15)22-2/h4-12H,1-3H3,(H,18,19)/t12-/m1/s1. The quantitative estimate of drug-likeness (QED) is 0.841. The van der Waals surface area contributed by atoms with Crippen LogP contribution in [0.5, 0.6) is 0 Å². The van der Waals surface area contributed by atoms with Gasteiger partial charge in [-0.25, -0.2) is 8.42 Å². The van der Waals surface area contributed by atoms with Crippen LogP contribution < -0.4 is 5.32 Å². The second-order valence-electron chi connectivity index (χ2n) is 5.24. The SMILES string of the molecule is CSc1ccccc1C(=O)N[C@H](C)c1ccc(S(C)(=O)=O)cc1. The lowest BCUT2D eigenvalue weighted by molar-refractivity contribution is 0.0937. The third kappa shape index (κ3) is 4.36. The normalized spacial score (nSPS) is 12.7. The summed E-state index contributed by atoms with van der Waals surface area (Å²) in [6.07, 6.45) is 3.10. The summed E-state index contributed by atoms with van der Waals surface area (Å²) < 4.78 is 23.0. The maximum absolute atomic E-state index is 12.4. The fourth-order valence-electron chi connectivity index (χ4n) is 2.19. The van der Waals surface area contributed by atoms with Gasteiger partial charge in [-0.15, -0.1) is 11.8 Å². The van der Waals surface area contributed by atoms with Gasteiger partial charge < -0.3 is 5.32 Å². The molecule has 0 heterocycles. The summed E-state index contributed by atoms with van der Waals surface area (Å²) in [7, 11) is -3.21. The predicted molar refractivity (Wildman–Crippen MR) is 93.7 cm³/mol. The number of amides is 1. The molecule has 2 aromatic carbocycles. The minimum atomic E-state index is -3.21. The Kier molecular flexibility index (Phi) is 5.49. The Hall–Kier alpha value is -1.79. The Labute approximate surface area is 141 Å². The van der Waals surface area contributed by atoms with Crippen LogP contribution >= 0.6 is 11.8 Å². The van der Waals surface area contributed by atoms with Gasteiger partial charge in [0.1, 0.15) is 0 Å². The Morgan fingerprint density at radius 1 is 1.09 bits per heavy atom. The van der Waals surface area contributed by atoms with Gasteiger partial charge in [-0.05, 0) is 43.0 Å². The Morgan fingerprint density at radius 3 is 2.26 bits per heavy atom. The van der Waals surface area contributed by atoms with Gasteiger partial charge in [0, 0.05) is 11.2 Å². The molecule has 2 rings (SSSR count). The first-order valence-corrected chi connectivity index (χ1v) is 10.2. The smallest absolute Gasteiger partial charge is 0.252 e. The molecule has 0 aliphatic carbocycles. The molecule has 0 aliphatic heterocycles. The van der Waals surface area contributed by atoms with Gasteiger partial charge in [0.15, 0.2) is 9.84 Å². The number of carbonyl (C=O) groups is 1. The van der Waals surface area contributed by atoms with Gasteiger partial charge in [0.05, 0.1) is 16.5 Å². The van der Waals surface area contributed by atoms with Gasteiger partial charge in [-0.2, -0.15) is 0 Å². The molecule has 0 bridgehead atoms. The van der Waals surface area contributed by atoms with Gasteiger partial charge in [-0.1, -0.05) is 24.3 Å². The number of thioether (sulfide) groups is 1. The first kappa shape index (κ1) is 17.6. The van der Waals surface area contributed by atoms with Crippen LogP contribution in [0.1, 0.15) is 28.9 Å². The van der Waals surface area contributed by atoms with E-state index in [2.05, 4.69) is 5.32 Å². The van der Waals surface area contributed by atoms with Crippen LogP contribution in [0.2, 0.25) is 0 Å². The van der Waals surface area contributed by atoms with E-state index in [1.807, 2.05) is 31.4 Å². The molecule has 6 heteroatoms. The summed E-state index contributed by atoms with van der Waals surface area (Å²) in [4.78, 5) is 13.6. The zero-order valence-electron chi connectivity index (χ0n) is 13.2. The van der Waals surface area contributed by atoms with E-state index in [9.17, 15) is 13.2 Å². The van der Waals surface area contributed by atoms with Gasteiger partial charge >= 0.3 is 0 Å². The van der Waals surface area contributed by atoms with Crippen LogP contribution in [0.3, 0.4) is 0 Å². The lowest BCUT2D eigenvalue weighted by atomic mass is 10.1. The number of hydrogen-bond acceptors (Lipinski definition) is 4. The highest BCUT2D eigenvalue weighted by atomic mass is 32.2. The van der Waals surface area contributed by atoms with Crippen LogP contribution in [-0.2, 0) is 9.84 Å². The molecule has 0 radical (unpaired) electrons. The lowest BCUT2D eigenvalue weighted by Gasteiger charge is -2.16. The van der Waals surface area contributed by atoms with E-state index in [1.165, 1.54) is 18.0 Å². The van der Waals surface area contributed by atoms with E-state index in [0.717, 1.165) is 10.5 Å². The van der Waals surface area contributed by atoms with Gasteiger partial charge in [0.25, 0.3) is 5.91 Å². The molecule has 1 N–H and O–H groups in total. The Morgan fingerprint density at radius 2 is 1.70 bits per heavy atom. The van der Waals surface area contributed by atoms with Crippen LogP contribution in [0.15, 0.2) is 58.3 Å². The summed E-state index contributed by atoms with van der Waals surface area (Å²) in [5.41, 5.74) is 1.49. The van der Waals surface area contributed by atoms with Crippen molar-refractivity contribution in [1.29, 1.82) is 0 Å². The van der Waals surface area contributed by atoms with Crippen molar-refractivity contribution in [3.05, 3.63) is 59.7 Å². The molecule has 1 amide bonds. The number of sulfone groups is 1. The van der Waals surface area contributed by atoms with E-state index in [-0.39, 0.29) is 16.8 Å². The number of rotatable bonds is 5. The van der Waals surface area contributed by atoms with Crippen molar-refractivity contribution < 1.29 is 13.2 Å². The molecule has 2 aromatic rings. The summed E-state index contributed by atoms with van der Waals surface area (Å²) >= 11 is 1.52. The molecule has 0 saturated heterocycles. The van der Waals surface area contributed by atoms with Crippen molar-refractivity contribution >= 4 is 27.5 Å². The molecule has 4 nitrogen and oxygen atoms in total. The number of benzene rings is 2. The molecular formula is C17H19NO3S2. The van der Waals surface area contributed by atoms with E-state index < -0.39 is 9.84 Å². The Balaban J connectivity index is 2.15. The largest absolute Gasteiger partial charge is 0.345 e. The highest BCUT2D eigenvalue weighted by molar-refractivity contribution is 7.98. The maximum atomic E-state index is 12.4. The van der Waals surface area contributed by atoms with Crippen molar-refractivity contribution in [2.45, 2.75) is 22.8 Å². The first-order chi connectivity index (χ1) is 10.8. The first-order valence-electron chi connectivity index (χ1n) is 7.07. The average Bonchev–Trinajstić information content (AvgIpc) is 2.54.